The minimum atomic E-state index is -0.353. The molecule has 170 valence electrons. The van der Waals surface area contributed by atoms with Gasteiger partial charge in [0.25, 0.3) is 0 Å². The number of carbonyl (C=O) groups is 1. The number of carbonyl (C=O) groups excluding carboxylic acids is 1. The number of rotatable bonds is 4. The first kappa shape index (κ1) is 21.6. The molecule has 0 radical (unpaired) electrons. The first-order valence-electron chi connectivity index (χ1n) is 12.5. The number of benzene rings is 4. The molecule has 0 atom stereocenters. The third-order valence-corrected chi connectivity index (χ3v) is 7.52. The summed E-state index contributed by atoms with van der Waals surface area (Å²) >= 11 is 0. The van der Waals surface area contributed by atoms with Gasteiger partial charge in [-0.05, 0) is 57.4 Å². The Labute approximate surface area is 207 Å². The van der Waals surface area contributed by atoms with Crippen molar-refractivity contribution in [2.75, 3.05) is 0 Å². The molecule has 1 spiro atoms. The van der Waals surface area contributed by atoms with E-state index in [2.05, 4.69) is 121 Å². The van der Waals surface area contributed by atoms with Crippen LogP contribution < -0.4 is 0 Å². The van der Waals surface area contributed by atoms with Gasteiger partial charge >= 0.3 is 0 Å². The summed E-state index contributed by atoms with van der Waals surface area (Å²) in [6.45, 7) is 0. The predicted molar refractivity (Wildman–Crippen MR) is 145 cm³/mol. The van der Waals surface area contributed by atoms with Crippen LogP contribution >= 0.6 is 0 Å². The third kappa shape index (κ3) is 3.68. The fourth-order valence-corrected chi connectivity index (χ4v) is 6.22. The molecule has 0 heterocycles. The van der Waals surface area contributed by atoms with Gasteiger partial charge in [-0.2, -0.15) is 0 Å². The monoisotopic (exact) mass is 452 g/mol. The molecular formula is C34H28O. The predicted octanol–water partition coefficient (Wildman–Crippen LogP) is 8.35. The second-order valence-electron chi connectivity index (χ2n) is 9.62. The maximum atomic E-state index is 13.2. The molecule has 0 unspecified atom stereocenters. The van der Waals surface area contributed by atoms with Gasteiger partial charge in [0.1, 0.15) is 5.78 Å². The zero-order chi connectivity index (χ0) is 23.7. The lowest BCUT2D eigenvalue weighted by Gasteiger charge is -2.39. The zero-order valence-electron chi connectivity index (χ0n) is 19.8. The quantitative estimate of drug-likeness (QED) is 0.304. The lowest BCUT2D eigenvalue weighted by molar-refractivity contribution is -0.121. The molecule has 1 fully saturated rings. The third-order valence-electron chi connectivity index (χ3n) is 7.52. The molecule has 2 aliphatic rings. The summed E-state index contributed by atoms with van der Waals surface area (Å²) in [6, 6.07) is 43.0. The fraction of sp³-hybridized carbons (Fsp3) is 0.147. The lowest BCUT2D eigenvalue weighted by Crippen LogP contribution is -2.30. The zero-order valence-corrected chi connectivity index (χ0v) is 19.8. The van der Waals surface area contributed by atoms with Crippen LogP contribution in [0.3, 0.4) is 0 Å². The number of allylic oxidation sites excluding steroid dienone is 4. The number of Topliss-reactive ketones (excluding diaryl/α,β-unsaturated/α-hetero) is 1. The van der Waals surface area contributed by atoms with Crippen LogP contribution in [-0.2, 0) is 4.79 Å². The molecule has 0 aliphatic heterocycles. The molecule has 0 N–H and O–H groups in total. The fourth-order valence-electron chi connectivity index (χ4n) is 6.22. The van der Waals surface area contributed by atoms with Crippen LogP contribution in [0.25, 0.3) is 22.3 Å². The Morgan fingerprint density at radius 2 is 0.857 bits per heavy atom. The molecule has 1 heteroatoms. The lowest BCUT2D eigenvalue weighted by atomic mass is 9.63. The van der Waals surface area contributed by atoms with Crippen LogP contribution in [0.2, 0.25) is 0 Å². The Morgan fingerprint density at radius 1 is 0.486 bits per heavy atom. The van der Waals surface area contributed by atoms with Gasteiger partial charge in [0.05, 0.1) is 0 Å². The number of ketones is 1. The maximum absolute atomic E-state index is 13.2. The Morgan fingerprint density at radius 3 is 1.23 bits per heavy atom. The second-order valence-corrected chi connectivity index (χ2v) is 9.62. The van der Waals surface area contributed by atoms with E-state index in [-0.39, 0.29) is 5.41 Å². The highest BCUT2D eigenvalue weighted by Crippen LogP contribution is 2.65. The summed E-state index contributed by atoms with van der Waals surface area (Å²) in [5.41, 5.74) is 9.59. The maximum Gasteiger partial charge on any atom is 0.134 e. The van der Waals surface area contributed by atoms with E-state index in [1.54, 1.807) is 0 Å². The summed E-state index contributed by atoms with van der Waals surface area (Å²) in [7, 11) is 0. The molecule has 4 aromatic carbocycles. The molecular weight excluding hydrogens is 424 g/mol. The van der Waals surface area contributed by atoms with Gasteiger partial charge < -0.3 is 0 Å². The van der Waals surface area contributed by atoms with E-state index in [4.69, 9.17) is 0 Å². The Balaban J connectivity index is 1.79. The molecule has 4 aromatic rings. The van der Waals surface area contributed by atoms with Crippen molar-refractivity contribution in [3.8, 4) is 0 Å². The minimum Gasteiger partial charge on any atom is -0.300 e. The van der Waals surface area contributed by atoms with Crippen LogP contribution in [0.5, 0.6) is 0 Å². The van der Waals surface area contributed by atoms with Crippen molar-refractivity contribution in [1.82, 2.24) is 0 Å². The number of hydrogen-bond donors (Lipinski definition) is 0. The van der Waals surface area contributed by atoms with Gasteiger partial charge in [-0.3, -0.25) is 4.79 Å². The van der Waals surface area contributed by atoms with E-state index >= 15 is 0 Å². The molecule has 6 rings (SSSR count). The van der Waals surface area contributed by atoms with Crippen LogP contribution in [-0.4, -0.2) is 5.78 Å². The van der Waals surface area contributed by atoms with Crippen molar-refractivity contribution in [2.45, 2.75) is 25.7 Å². The van der Waals surface area contributed by atoms with Gasteiger partial charge in [0.15, 0.2) is 0 Å². The first-order chi connectivity index (χ1) is 17.3. The number of hydrogen-bond acceptors (Lipinski definition) is 1. The van der Waals surface area contributed by atoms with Crippen LogP contribution in [0.15, 0.2) is 121 Å². The van der Waals surface area contributed by atoms with Crippen molar-refractivity contribution in [3.05, 3.63) is 144 Å². The van der Waals surface area contributed by atoms with E-state index in [1.165, 1.54) is 44.5 Å². The molecule has 1 nitrogen and oxygen atoms in total. The van der Waals surface area contributed by atoms with Gasteiger partial charge in [-0.25, -0.2) is 0 Å². The molecule has 2 aliphatic carbocycles. The van der Waals surface area contributed by atoms with E-state index in [0.29, 0.717) is 18.6 Å². The highest BCUT2D eigenvalue weighted by atomic mass is 16.1. The first-order valence-corrected chi connectivity index (χ1v) is 12.5. The Bertz CT molecular complexity index is 1310. The normalized spacial score (nSPS) is 17.3. The second kappa shape index (κ2) is 9.00. The van der Waals surface area contributed by atoms with E-state index in [0.717, 1.165) is 12.8 Å². The van der Waals surface area contributed by atoms with Crippen molar-refractivity contribution in [1.29, 1.82) is 0 Å². The van der Waals surface area contributed by atoms with Gasteiger partial charge in [0.2, 0.25) is 0 Å². The van der Waals surface area contributed by atoms with Crippen molar-refractivity contribution in [3.63, 3.8) is 0 Å². The summed E-state index contributed by atoms with van der Waals surface area (Å²) in [4.78, 5) is 13.2. The van der Waals surface area contributed by atoms with Crippen molar-refractivity contribution < 1.29 is 4.79 Å². The standard InChI is InChI=1S/C34H28O/c35-29-22-13-23-34(24-29)32(27-18-9-3-10-19-27)30(25-14-5-1-6-15-25)31(26-16-7-2-8-17-26)33(34)28-20-11-4-12-21-28/h1-12,14-21H,13,22-24H2. The molecule has 1 saturated carbocycles. The summed E-state index contributed by atoms with van der Waals surface area (Å²) in [5.74, 6) is 0.361. The van der Waals surface area contributed by atoms with Crippen LogP contribution in [0, 0.1) is 5.41 Å². The molecule has 0 saturated heterocycles. The highest BCUT2D eigenvalue weighted by Gasteiger charge is 2.50. The van der Waals surface area contributed by atoms with E-state index < -0.39 is 0 Å². The molecule has 35 heavy (non-hydrogen) atoms. The Hall–Kier alpha value is -3.97. The highest BCUT2D eigenvalue weighted by molar-refractivity contribution is 6.30. The van der Waals surface area contributed by atoms with E-state index in [9.17, 15) is 4.79 Å². The average molecular weight is 453 g/mol. The molecule has 0 aromatic heterocycles. The summed E-state index contributed by atoms with van der Waals surface area (Å²) in [5, 5.41) is 0. The van der Waals surface area contributed by atoms with Gasteiger partial charge in [-0.15, -0.1) is 0 Å². The van der Waals surface area contributed by atoms with Crippen molar-refractivity contribution in [2.24, 2.45) is 5.41 Å². The van der Waals surface area contributed by atoms with E-state index in [1.807, 2.05) is 0 Å². The summed E-state index contributed by atoms with van der Waals surface area (Å²) < 4.78 is 0. The van der Waals surface area contributed by atoms with Crippen LogP contribution in [0.4, 0.5) is 0 Å². The largest absolute Gasteiger partial charge is 0.300 e. The summed E-state index contributed by atoms with van der Waals surface area (Å²) in [6.07, 6.45) is 3.11. The SMILES string of the molecule is O=C1CCCC2(C1)C(c1ccccc1)=C(c1ccccc1)C(c1ccccc1)=C2c1ccccc1. The smallest absolute Gasteiger partial charge is 0.134 e. The molecule has 0 amide bonds. The topological polar surface area (TPSA) is 17.1 Å². The van der Waals surface area contributed by atoms with Gasteiger partial charge in [-0.1, -0.05) is 121 Å². The Kier molecular flexibility index (Phi) is 5.54. The van der Waals surface area contributed by atoms with Crippen molar-refractivity contribution >= 4 is 28.1 Å². The molecule has 0 bridgehead atoms. The minimum absolute atomic E-state index is 0.353. The van der Waals surface area contributed by atoms with Crippen LogP contribution in [0.1, 0.15) is 47.9 Å². The average Bonchev–Trinajstić information content (AvgIpc) is 3.20. The van der Waals surface area contributed by atoms with Gasteiger partial charge in [0, 0.05) is 18.3 Å².